The molecule has 4 nitrogen and oxygen atoms in total. The van der Waals surface area contributed by atoms with Crippen molar-refractivity contribution in [3.05, 3.63) is 52.2 Å². The zero-order valence-corrected chi connectivity index (χ0v) is 13.0. The molecule has 1 amide bonds. The number of carbonyl (C=O) groups excluding carboxylic acids is 1. The van der Waals surface area contributed by atoms with E-state index >= 15 is 0 Å². The molecular formula is C17H18N2O2S. The van der Waals surface area contributed by atoms with Crippen molar-refractivity contribution < 1.29 is 9.53 Å². The average Bonchev–Trinajstić information content (AvgIpc) is 3.21. The van der Waals surface area contributed by atoms with Gasteiger partial charge in [0, 0.05) is 11.1 Å². The van der Waals surface area contributed by atoms with Crippen LogP contribution in [0.5, 0.6) is 5.75 Å². The Bertz CT molecular complexity index is 629. The zero-order chi connectivity index (χ0) is 15.2. The largest absolute Gasteiger partial charge is 0.490 e. The van der Waals surface area contributed by atoms with Crippen LogP contribution >= 0.6 is 11.3 Å². The molecule has 0 unspecified atom stereocenters. The lowest BCUT2D eigenvalue weighted by atomic mass is 10.2. The summed E-state index contributed by atoms with van der Waals surface area (Å²) in [6.07, 6.45) is 6.70. The van der Waals surface area contributed by atoms with Gasteiger partial charge in [-0.1, -0.05) is 0 Å². The van der Waals surface area contributed by atoms with Crippen molar-refractivity contribution >= 4 is 23.5 Å². The van der Waals surface area contributed by atoms with Crippen LogP contribution in [0.3, 0.4) is 0 Å². The molecule has 0 radical (unpaired) electrons. The number of carbonyl (C=O) groups is 1. The average molecular weight is 314 g/mol. The zero-order valence-electron chi connectivity index (χ0n) is 12.2. The summed E-state index contributed by atoms with van der Waals surface area (Å²) in [5, 5.41) is 7.87. The summed E-state index contributed by atoms with van der Waals surface area (Å²) in [6, 6.07) is 9.15. The van der Waals surface area contributed by atoms with Crippen molar-refractivity contribution in [2.24, 2.45) is 5.10 Å². The lowest BCUT2D eigenvalue weighted by Crippen LogP contribution is -2.17. The molecule has 114 valence electrons. The van der Waals surface area contributed by atoms with Crippen molar-refractivity contribution in [1.29, 1.82) is 0 Å². The molecule has 0 bridgehead atoms. The molecule has 3 rings (SSSR count). The van der Waals surface area contributed by atoms with E-state index in [-0.39, 0.29) is 5.91 Å². The van der Waals surface area contributed by atoms with Gasteiger partial charge < -0.3 is 4.74 Å². The molecular weight excluding hydrogens is 296 g/mol. The monoisotopic (exact) mass is 314 g/mol. The molecule has 22 heavy (non-hydrogen) atoms. The number of hydrazone groups is 1. The first-order valence-corrected chi connectivity index (χ1v) is 8.38. The number of hydrogen-bond donors (Lipinski definition) is 1. The van der Waals surface area contributed by atoms with Gasteiger partial charge in [-0.3, -0.25) is 4.79 Å². The van der Waals surface area contributed by atoms with Gasteiger partial charge in [0.15, 0.2) is 0 Å². The normalized spacial score (nSPS) is 15.3. The molecule has 2 aromatic rings. The predicted octanol–water partition coefficient (Wildman–Crippen LogP) is 3.83. The summed E-state index contributed by atoms with van der Waals surface area (Å²) >= 11 is 1.59. The minimum Gasteiger partial charge on any atom is -0.490 e. The molecule has 1 N–H and O–H groups in total. The Morgan fingerprint density at radius 3 is 2.68 bits per heavy atom. The van der Waals surface area contributed by atoms with Crippen molar-refractivity contribution in [2.75, 3.05) is 0 Å². The number of nitrogens with zero attached hydrogens (tertiary/aromatic N) is 1. The van der Waals surface area contributed by atoms with Gasteiger partial charge in [-0.2, -0.15) is 16.4 Å². The van der Waals surface area contributed by atoms with E-state index in [1.54, 1.807) is 29.7 Å². The molecule has 5 heteroatoms. The number of nitrogens with one attached hydrogen (secondary N) is 1. The fourth-order valence-corrected chi connectivity index (χ4v) is 3.07. The summed E-state index contributed by atoms with van der Waals surface area (Å²) in [5.74, 6) is 0.601. The van der Waals surface area contributed by atoms with Crippen LogP contribution < -0.4 is 10.2 Å². The molecule has 1 aromatic carbocycles. The van der Waals surface area contributed by atoms with Gasteiger partial charge in [0.25, 0.3) is 5.91 Å². The van der Waals surface area contributed by atoms with Crippen molar-refractivity contribution in [3.63, 3.8) is 0 Å². The van der Waals surface area contributed by atoms with E-state index in [1.165, 1.54) is 12.8 Å². The minimum atomic E-state index is -0.223. The molecule has 1 fully saturated rings. The minimum absolute atomic E-state index is 0.223. The van der Waals surface area contributed by atoms with Crippen LogP contribution in [0.2, 0.25) is 0 Å². The molecule has 1 aliphatic carbocycles. The van der Waals surface area contributed by atoms with Gasteiger partial charge >= 0.3 is 0 Å². The predicted molar refractivity (Wildman–Crippen MR) is 88.7 cm³/mol. The summed E-state index contributed by atoms with van der Waals surface area (Å²) in [5.41, 5.74) is 4.07. The molecule has 0 saturated heterocycles. The molecule has 1 aromatic heterocycles. The highest BCUT2D eigenvalue weighted by molar-refractivity contribution is 7.08. The van der Waals surface area contributed by atoms with Crippen LogP contribution in [0.1, 0.15) is 41.6 Å². The number of thiophene rings is 1. The first-order valence-electron chi connectivity index (χ1n) is 7.43. The van der Waals surface area contributed by atoms with Crippen LogP contribution in [0.15, 0.2) is 46.2 Å². The van der Waals surface area contributed by atoms with Gasteiger partial charge in [-0.15, -0.1) is 0 Å². The van der Waals surface area contributed by atoms with E-state index in [4.69, 9.17) is 4.74 Å². The fraction of sp³-hybridized carbons (Fsp3) is 0.294. The number of benzene rings is 1. The third kappa shape index (κ3) is 3.95. The van der Waals surface area contributed by atoms with Gasteiger partial charge in [-0.05, 0) is 66.8 Å². The Balaban J connectivity index is 1.54. The molecule has 1 aliphatic rings. The van der Waals surface area contributed by atoms with Gasteiger partial charge in [0.05, 0.1) is 12.3 Å². The second-order valence-electron chi connectivity index (χ2n) is 5.30. The Morgan fingerprint density at radius 2 is 2.00 bits per heavy atom. The Hall–Kier alpha value is -2.14. The SMILES string of the molecule is O=C(N/N=C/c1ccsc1)c1ccc(OC2CCCC2)cc1. The number of ether oxygens (including phenoxy) is 1. The Kier molecular flexibility index (Phi) is 4.85. The van der Waals surface area contributed by atoms with Gasteiger partial charge in [0.2, 0.25) is 0 Å². The number of hydrogen-bond acceptors (Lipinski definition) is 4. The van der Waals surface area contributed by atoms with E-state index < -0.39 is 0 Å². The molecule has 0 aliphatic heterocycles. The summed E-state index contributed by atoms with van der Waals surface area (Å²) in [4.78, 5) is 12.0. The molecule has 1 heterocycles. The van der Waals surface area contributed by atoms with Crippen LogP contribution in [-0.2, 0) is 0 Å². The lowest BCUT2D eigenvalue weighted by Gasteiger charge is -2.12. The second-order valence-corrected chi connectivity index (χ2v) is 6.08. The number of amides is 1. The van der Waals surface area contributed by atoms with Crippen molar-refractivity contribution in [1.82, 2.24) is 5.43 Å². The van der Waals surface area contributed by atoms with Gasteiger partial charge in [0.1, 0.15) is 5.75 Å². The maximum absolute atomic E-state index is 12.0. The van der Waals surface area contributed by atoms with Crippen LogP contribution in [-0.4, -0.2) is 18.2 Å². The topological polar surface area (TPSA) is 50.7 Å². The van der Waals surface area contributed by atoms with Crippen LogP contribution in [0.25, 0.3) is 0 Å². The quantitative estimate of drug-likeness (QED) is 0.673. The Labute approximate surface area is 133 Å². The van der Waals surface area contributed by atoms with Crippen molar-refractivity contribution in [2.45, 2.75) is 31.8 Å². The lowest BCUT2D eigenvalue weighted by molar-refractivity contribution is 0.0955. The highest BCUT2D eigenvalue weighted by Crippen LogP contribution is 2.24. The summed E-state index contributed by atoms with van der Waals surface area (Å²) in [6.45, 7) is 0. The van der Waals surface area contributed by atoms with E-state index in [0.717, 1.165) is 24.2 Å². The van der Waals surface area contributed by atoms with E-state index in [1.807, 2.05) is 29.0 Å². The summed E-state index contributed by atoms with van der Waals surface area (Å²) < 4.78 is 5.88. The molecule has 0 atom stereocenters. The molecule has 0 spiro atoms. The van der Waals surface area contributed by atoms with E-state index in [2.05, 4.69) is 10.5 Å². The Morgan fingerprint density at radius 1 is 1.23 bits per heavy atom. The second kappa shape index (κ2) is 7.22. The van der Waals surface area contributed by atoms with Crippen molar-refractivity contribution in [3.8, 4) is 5.75 Å². The van der Waals surface area contributed by atoms with Crippen LogP contribution in [0.4, 0.5) is 0 Å². The number of rotatable bonds is 5. The van der Waals surface area contributed by atoms with E-state index in [0.29, 0.717) is 11.7 Å². The third-order valence-electron chi connectivity index (χ3n) is 3.64. The first-order chi connectivity index (χ1) is 10.8. The summed E-state index contributed by atoms with van der Waals surface area (Å²) in [7, 11) is 0. The standard InChI is InChI=1S/C17H18N2O2S/c20-17(19-18-11-13-9-10-22-12-13)14-5-7-16(8-6-14)21-15-3-1-2-4-15/h5-12,15H,1-4H2,(H,19,20)/b18-11+. The highest BCUT2D eigenvalue weighted by Gasteiger charge is 2.16. The van der Waals surface area contributed by atoms with Gasteiger partial charge in [-0.25, -0.2) is 5.43 Å². The fourth-order valence-electron chi connectivity index (χ4n) is 2.46. The first kappa shape index (κ1) is 14.8. The molecule has 1 saturated carbocycles. The maximum Gasteiger partial charge on any atom is 0.271 e. The van der Waals surface area contributed by atoms with Crippen LogP contribution in [0, 0.1) is 0 Å². The highest BCUT2D eigenvalue weighted by atomic mass is 32.1. The third-order valence-corrected chi connectivity index (χ3v) is 4.35. The maximum atomic E-state index is 12.0. The van der Waals surface area contributed by atoms with E-state index in [9.17, 15) is 4.79 Å². The smallest absolute Gasteiger partial charge is 0.271 e.